The molecule has 0 heterocycles. The predicted molar refractivity (Wildman–Crippen MR) is 57.2 cm³/mol. The van der Waals surface area contributed by atoms with Gasteiger partial charge in [-0.2, -0.15) is 13.2 Å². The normalized spacial score (nSPS) is 12.8. The Morgan fingerprint density at radius 1 is 1.06 bits per heavy atom. The van der Waals surface area contributed by atoms with Gasteiger partial charge < -0.3 is 0 Å². The van der Waals surface area contributed by atoms with Crippen LogP contribution in [0.3, 0.4) is 0 Å². The molecular weight excluding hydrogens is 263 g/mol. The van der Waals surface area contributed by atoms with Crippen LogP contribution >= 0.6 is 11.8 Å². The van der Waals surface area contributed by atoms with E-state index in [0.717, 1.165) is 11.8 Å². The molecular formula is C10H15F5OS. The lowest BCUT2D eigenvalue weighted by molar-refractivity contribution is -0.152. The van der Waals surface area contributed by atoms with Gasteiger partial charge in [-0.1, -0.05) is 18.7 Å². The minimum atomic E-state index is -4.55. The number of thioether (sulfide) groups is 1. The first-order chi connectivity index (χ1) is 7.66. The Balaban J connectivity index is 3.74. The Morgan fingerprint density at radius 3 is 2.12 bits per heavy atom. The van der Waals surface area contributed by atoms with Gasteiger partial charge >= 0.3 is 6.18 Å². The Labute approximate surface area is 101 Å². The third-order valence-corrected chi connectivity index (χ3v) is 3.12. The molecule has 102 valence electrons. The van der Waals surface area contributed by atoms with Crippen LogP contribution in [0.4, 0.5) is 22.0 Å². The first kappa shape index (κ1) is 16.7. The minimum Gasteiger partial charge on any atom is -0.287 e. The van der Waals surface area contributed by atoms with Gasteiger partial charge in [0.15, 0.2) is 5.12 Å². The monoisotopic (exact) mass is 278 g/mol. The lowest BCUT2D eigenvalue weighted by Crippen LogP contribution is -2.20. The molecule has 0 aliphatic rings. The summed E-state index contributed by atoms with van der Waals surface area (Å²) >= 11 is 0.946. The van der Waals surface area contributed by atoms with E-state index < -0.39 is 31.4 Å². The fourth-order valence-electron chi connectivity index (χ4n) is 1.07. The highest BCUT2D eigenvalue weighted by molar-refractivity contribution is 8.13. The molecule has 0 aromatic heterocycles. The van der Waals surface area contributed by atoms with Crippen molar-refractivity contribution in [1.29, 1.82) is 0 Å². The van der Waals surface area contributed by atoms with E-state index in [1.54, 1.807) is 6.92 Å². The van der Waals surface area contributed by atoms with Crippen LogP contribution in [0, 0.1) is 0 Å². The number of rotatable bonds is 7. The highest BCUT2D eigenvalue weighted by Crippen LogP contribution is 2.32. The molecule has 0 radical (unpaired) electrons. The summed E-state index contributed by atoms with van der Waals surface area (Å²) in [5, 5.41) is -0.0939. The van der Waals surface area contributed by atoms with Crippen molar-refractivity contribution in [3.8, 4) is 0 Å². The van der Waals surface area contributed by atoms with Crippen molar-refractivity contribution in [1.82, 2.24) is 0 Å². The van der Waals surface area contributed by atoms with Gasteiger partial charge in [0, 0.05) is 31.4 Å². The quantitative estimate of drug-likeness (QED) is 0.506. The summed E-state index contributed by atoms with van der Waals surface area (Å²) in [6.45, 7) is 1.66. The number of carbonyl (C=O) groups excluding carboxylic acids is 1. The standard InChI is InChI=1S/C10H15F5OS/c1-2-8(16)17-7-3-4-9(11,12)5-6-10(13,14)15/h2-7H2,1H3. The first-order valence-corrected chi connectivity index (χ1v) is 6.25. The van der Waals surface area contributed by atoms with Crippen molar-refractivity contribution in [2.75, 3.05) is 5.75 Å². The number of carbonyl (C=O) groups is 1. The lowest BCUT2D eigenvalue weighted by atomic mass is 10.1. The fraction of sp³-hybridized carbons (Fsp3) is 0.900. The van der Waals surface area contributed by atoms with Crippen molar-refractivity contribution in [2.45, 2.75) is 51.1 Å². The molecule has 17 heavy (non-hydrogen) atoms. The zero-order valence-corrected chi connectivity index (χ0v) is 10.3. The zero-order valence-electron chi connectivity index (χ0n) is 9.45. The molecule has 0 N–H and O–H groups in total. The van der Waals surface area contributed by atoms with E-state index in [-0.39, 0.29) is 17.3 Å². The summed E-state index contributed by atoms with van der Waals surface area (Å²) in [7, 11) is 0. The largest absolute Gasteiger partial charge is 0.389 e. The topological polar surface area (TPSA) is 17.1 Å². The van der Waals surface area contributed by atoms with Crippen LogP contribution in [0.1, 0.15) is 39.0 Å². The van der Waals surface area contributed by atoms with E-state index >= 15 is 0 Å². The fourth-order valence-corrected chi connectivity index (χ4v) is 1.79. The Hall–Kier alpha value is -0.330. The molecule has 0 unspecified atom stereocenters. The van der Waals surface area contributed by atoms with Gasteiger partial charge in [-0.15, -0.1) is 0 Å². The Kier molecular flexibility index (Phi) is 7.04. The summed E-state index contributed by atoms with van der Waals surface area (Å²) in [5.41, 5.74) is 0. The summed E-state index contributed by atoms with van der Waals surface area (Å²) in [6, 6.07) is 0. The molecule has 0 bridgehead atoms. The molecule has 0 fully saturated rings. The SMILES string of the molecule is CCC(=O)SCCCC(F)(F)CCC(F)(F)F. The van der Waals surface area contributed by atoms with Gasteiger partial charge in [0.05, 0.1) is 0 Å². The van der Waals surface area contributed by atoms with Crippen LogP contribution in [-0.2, 0) is 4.79 Å². The molecule has 1 nitrogen and oxygen atoms in total. The molecule has 0 amide bonds. The second-order valence-electron chi connectivity index (χ2n) is 3.65. The first-order valence-electron chi connectivity index (χ1n) is 5.26. The number of hydrogen-bond donors (Lipinski definition) is 0. The van der Waals surface area contributed by atoms with Gasteiger partial charge in [0.1, 0.15) is 0 Å². The molecule has 0 atom stereocenters. The highest BCUT2D eigenvalue weighted by atomic mass is 32.2. The summed E-state index contributed by atoms with van der Waals surface area (Å²) < 4.78 is 61.2. The van der Waals surface area contributed by atoms with Crippen LogP contribution in [-0.4, -0.2) is 23.0 Å². The Morgan fingerprint density at radius 2 is 1.65 bits per heavy atom. The average molecular weight is 278 g/mol. The van der Waals surface area contributed by atoms with Crippen molar-refractivity contribution >= 4 is 16.9 Å². The molecule has 0 spiro atoms. The molecule has 0 aliphatic heterocycles. The van der Waals surface area contributed by atoms with E-state index in [9.17, 15) is 26.7 Å². The van der Waals surface area contributed by atoms with Crippen LogP contribution in [0.2, 0.25) is 0 Å². The molecule has 0 aliphatic carbocycles. The van der Waals surface area contributed by atoms with Gasteiger partial charge in [-0.25, -0.2) is 8.78 Å². The predicted octanol–water partition coefficient (Wildman–Crippen LogP) is 4.41. The second kappa shape index (κ2) is 7.18. The van der Waals surface area contributed by atoms with Gasteiger partial charge in [0.2, 0.25) is 5.92 Å². The van der Waals surface area contributed by atoms with Crippen LogP contribution in [0.5, 0.6) is 0 Å². The maximum absolute atomic E-state index is 13.0. The van der Waals surface area contributed by atoms with Crippen molar-refractivity contribution in [3.63, 3.8) is 0 Å². The summed E-state index contributed by atoms with van der Waals surface area (Å²) in [4.78, 5) is 10.8. The average Bonchev–Trinajstić information content (AvgIpc) is 2.20. The van der Waals surface area contributed by atoms with Crippen LogP contribution in [0.15, 0.2) is 0 Å². The second-order valence-corrected chi connectivity index (χ2v) is 4.80. The summed E-state index contributed by atoms with van der Waals surface area (Å²) in [6.07, 6.45) is -7.43. The molecule has 0 aromatic rings. The molecule has 7 heteroatoms. The van der Waals surface area contributed by atoms with E-state index in [1.807, 2.05) is 0 Å². The summed E-state index contributed by atoms with van der Waals surface area (Å²) in [5.74, 6) is -3.07. The van der Waals surface area contributed by atoms with E-state index in [4.69, 9.17) is 0 Å². The highest BCUT2D eigenvalue weighted by Gasteiger charge is 2.35. The van der Waals surface area contributed by atoms with Crippen LogP contribution in [0.25, 0.3) is 0 Å². The molecule has 0 rings (SSSR count). The van der Waals surface area contributed by atoms with E-state index in [0.29, 0.717) is 6.42 Å². The van der Waals surface area contributed by atoms with Crippen molar-refractivity contribution < 1.29 is 26.7 Å². The third-order valence-electron chi connectivity index (χ3n) is 2.01. The van der Waals surface area contributed by atoms with Crippen LogP contribution < -0.4 is 0 Å². The van der Waals surface area contributed by atoms with Gasteiger partial charge in [0.25, 0.3) is 0 Å². The smallest absolute Gasteiger partial charge is 0.287 e. The molecule has 0 aromatic carbocycles. The van der Waals surface area contributed by atoms with E-state index in [2.05, 4.69) is 0 Å². The number of hydrogen-bond acceptors (Lipinski definition) is 2. The number of alkyl halides is 5. The van der Waals surface area contributed by atoms with E-state index in [1.165, 1.54) is 0 Å². The maximum Gasteiger partial charge on any atom is 0.389 e. The minimum absolute atomic E-state index is 0.0429. The molecule has 0 saturated heterocycles. The number of halogens is 5. The third kappa shape index (κ3) is 10.5. The van der Waals surface area contributed by atoms with Crippen molar-refractivity contribution in [3.05, 3.63) is 0 Å². The lowest BCUT2D eigenvalue weighted by Gasteiger charge is -2.16. The van der Waals surface area contributed by atoms with Gasteiger partial charge in [-0.05, 0) is 6.42 Å². The Bertz CT molecular complexity index is 239. The molecule has 0 saturated carbocycles. The van der Waals surface area contributed by atoms with Gasteiger partial charge in [-0.3, -0.25) is 4.79 Å². The zero-order chi connectivity index (χ0) is 13.5. The maximum atomic E-state index is 13.0. The van der Waals surface area contributed by atoms with Crippen molar-refractivity contribution in [2.24, 2.45) is 0 Å².